The van der Waals surface area contributed by atoms with Crippen molar-refractivity contribution in [3.8, 4) is 0 Å². The molecule has 126 valence electrons. The number of amides is 1. The van der Waals surface area contributed by atoms with E-state index in [0.717, 1.165) is 44.5 Å². The third kappa shape index (κ3) is 2.80. The molecule has 2 fully saturated rings. The molecule has 0 saturated carbocycles. The minimum atomic E-state index is 0.170. The monoisotopic (exact) mass is 316 g/mol. The summed E-state index contributed by atoms with van der Waals surface area (Å²) in [5, 5.41) is 4.64. The number of rotatable bonds is 2. The number of carbonyl (C=O) groups excluding carboxylic acids is 1. The largest absolute Gasteiger partial charge is 0.337 e. The van der Waals surface area contributed by atoms with Gasteiger partial charge in [0.25, 0.3) is 5.91 Å². The van der Waals surface area contributed by atoms with Crippen molar-refractivity contribution >= 4 is 5.91 Å². The minimum Gasteiger partial charge on any atom is -0.337 e. The number of hydrogen-bond acceptors (Lipinski definition) is 3. The molecule has 1 aromatic heterocycles. The van der Waals surface area contributed by atoms with Crippen LogP contribution in [0.4, 0.5) is 0 Å². The van der Waals surface area contributed by atoms with Gasteiger partial charge in [0.15, 0.2) is 5.69 Å². The molecule has 1 aliphatic carbocycles. The van der Waals surface area contributed by atoms with Gasteiger partial charge in [0.1, 0.15) is 0 Å². The van der Waals surface area contributed by atoms with E-state index in [4.69, 9.17) is 0 Å². The van der Waals surface area contributed by atoms with Gasteiger partial charge < -0.3 is 9.80 Å². The summed E-state index contributed by atoms with van der Waals surface area (Å²) >= 11 is 0. The highest BCUT2D eigenvalue weighted by Crippen LogP contribution is 2.29. The zero-order chi connectivity index (χ0) is 15.8. The van der Waals surface area contributed by atoms with Crippen LogP contribution in [0.1, 0.15) is 60.3 Å². The average molecular weight is 316 g/mol. The Balaban J connectivity index is 1.58. The molecule has 23 heavy (non-hydrogen) atoms. The molecule has 5 nitrogen and oxygen atoms in total. The molecular formula is C18H28N4O. The maximum absolute atomic E-state index is 12.9. The van der Waals surface area contributed by atoms with Gasteiger partial charge in [-0.05, 0) is 64.5 Å². The topological polar surface area (TPSA) is 41.4 Å². The first kappa shape index (κ1) is 15.2. The summed E-state index contributed by atoms with van der Waals surface area (Å²) in [7, 11) is 2.00. The van der Waals surface area contributed by atoms with Gasteiger partial charge >= 0.3 is 0 Å². The van der Waals surface area contributed by atoms with E-state index in [-0.39, 0.29) is 5.91 Å². The molecule has 2 saturated heterocycles. The summed E-state index contributed by atoms with van der Waals surface area (Å²) in [5.41, 5.74) is 3.28. The summed E-state index contributed by atoms with van der Waals surface area (Å²) in [4.78, 5) is 17.6. The molecule has 0 aromatic carbocycles. The fourth-order valence-electron chi connectivity index (χ4n) is 4.61. The number of hydrogen-bond donors (Lipinski definition) is 0. The van der Waals surface area contributed by atoms with Gasteiger partial charge in [0.2, 0.25) is 0 Å². The van der Waals surface area contributed by atoms with Crippen molar-refractivity contribution < 1.29 is 4.79 Å². The lowest BCUT2D eigenvalue weighted by Gasteiger charge is -2.31. The Morgan fingerprint density at radius 1 is 1.04 bits per heavy atom. The molecule has 1 atom stereocenters. The lowest BCUT2D eigenvalue weighted by Crippen LogP contribution is -2.39. The van der Waals surface area contributed by atoms with E-state index >= 15 is 0 Å². The van der Waals surface area contributed by atoms with Crippen LogP contribution in [-0.4, -0.2) is 57.7 Å². The molecule has 1 unspecified atom stereocenters. The van der Waals surface area contributed by atoms with Crippen LogP contribution in [0.15, 0.2) is 0 Å². The lowest BCUT2D eigenvalue weighted by atomic mass is 9.90. The fourth-order valence-corrected chi connectivity index (χ4v) is 4.61. The standard InChI is InChI=1S/C18H28N4O/c1-20-16-8-7-14(21-9-5-6-10-21)13-15(16)17(19-20)18(23)22-11-3-2-4-12-22/h14H,2-13H2,1H3. The van der Waals surface area contributed by atoms with Crippen LogP contribution in [0.3, 0.4) is 0 Å². The van der Waals surface area contributed by atoms with Crippen molar-refractivity contribution in [2.24, 2.45) is 7.05 Å². The van der Waals surface area contributed by atoms with E-state index in [1.54, 1.807) is 0 Å². The minimum absolute atomic E-state index is 0.170. The Morgan fingerprint density at radius 3 is 2.48 bits per heavy atom. The molecule has 0 N–H and O–H groups in total. The van der Waals surface area contributed by atoms with Gasteiger partial charge in [0.05, 0.1) is 0 Å². The second-order valence-corrected chi connectivity index (χ2v) is 7.39. The molecule has 2 aliphatic heterocycles. The van der Waals surface area contributed by atoms with E-state index in [1.165, 1.54) is 50.0 Å². The highest BCUT2D eigenvalue weighted by molar-refractivity contribution is 5.94. The van der Waals surface area contributed by atoms with Crippen LogP contribution >= 0.6 is 0 Å². The molecule has 0 radical (unpaired) electrons. The molecule has 0 spiro atoms. The van der Waals surface area contributed by atoms with Crippen LogP contribution in [0, 0.1) is 0 Å². The van der Waals surface area contributed by atoms with Gasteiger partial charge in [-0.2, -0.15) is 5.10 Å². The molecule has 3 aliphatic rings. The Morgan fingerprint density at radius 2 is 1.74 bits per heavy atom. The SMILES string of the molecule is Cn1nc(C(=O)N2CCCCC2)c2c1CCC(N1CCCC1)C2. The first-order valence-electron chi connectivity index (χ1n) is 9.32. The van der Waals surface area contributed by atoms with Gasteiger partial charge in [-0.1, -0.05) is 0 Å². The summed E-state index contributed by atoms with van der Waals surface area (Å²) in [6.07, 6.45) is 9.47. The Bertz CT molecular complexity index is 582. The van der Waals surface area contributed by atoms with Crippen molar-refractivity contribution in [2.75, 3.05) is 26.2 Å². The second-order valence-electron chi connectivity index (χ2n) is 7.39. The highest BCUT2D eigenvalue weighted by atomic mass is 16.2. The van der Waals surface area contributed by atoms with Crippen LogP contribution in [0.2, 0.25) is 0 Å². The Labute approximate surface area is 138 Å². The van der Waals surface area contributed by atoms with Crippen molar-refractivity contribution in [1.29, 1.82) is 0 Å². The zero-order valence-electron chi connectivity index (χ0n) is 14.3. The highest BCUT2D eigenvalue weighted by Gasteiger charge is 2.33. The molecule has 5 heteroatoms. The fraction of sp³-hybridized carbons (Fsp3) is 0.778. The molecule has 1 amide bonds. The average Bonchev–Trinajstić information content (AvgIpc) is 3.23. The van der Waals surface area contributed by atoms with E-state index in [0.29, 0.717) is 6.04 Å². The number of likely N-dealkylation sites (tertiary alicyclic amines) is 2. The molecule has 0 bridgehead atoms. The van der Waals surface area contributed by atoms with Gasteiger partial charge in [-0.25, -0.2) is 0 Å². The smallest absolute Gasteiger partial charge is 0.274 e. The van der Waals surface area contributed by atoms with Crippen molar-refractivity contribution in [3.05, 3.63) is 17.0 Å². The van der Waals surface area contributed by atoms with Crippen molar-refractivity contribution in [1.82, 2.24) is 19.6 Å². The predicted octanol–water partition coefficient (Wildman–Crippen LogP) is 2.00. The lowest BCUT2D eigenvalue weighted by molar-refractivity contribution is 0.0715. The second kappa shape index (κ2) is 6.27. The normalized spacial score (nSPS) is 25.6. The summed E-state index contributed by atoms with van der Waals surface area (Å²) in [6, 6.07) is 0.613. The van der Waals surface area contributed by atoms with E-state index in [9.17, 15) is 4.79 Å². The van der Waals surface area contributed by atoms with Crippen molar-refractivity contribution in [2.45, 2.75) is 57.4 Å². The molecule has 4 rings (SSSR count). The summed E-state index contributed by atoms with van der Waals surface area (Å²) in [6.45, 7) is 4.27. The van der Waals surface area contributed by atoms with Crippen LogP contribution in [0.25, 0.3) is 0 Å². The maximum Gasteiger partial charge on any atom is 0.274 e. The number of carbonyl (C=O) groups is 1. The van der Waals surface area contributed by atoms with Crippen LogP contribution in [-0.2, 0) is 19.9 Å². The van der Waals surface area contributed by atoms with Gasteiger partial charge in [0, 0.05) is 37.4 Å². The Kier molecular flexibility index (Phi) is 4.14. The van der Waals surface area contributed by atoms with E-state index in [2.05, 4.69) is 10.00 Å². The summed E-state index contributed by atoms with van der Waals surface area (Å²) in [5.74, 6) is 0.170. The molecular weight excluding hydrogens is 288 g/mol. The third-order valence-corrected chi connectivity index (χ3v) is 5.93. The van der Waals surface area contributed by atoms with Gasteiger partial charge in [-0.15, -0.1) is 0 Å². The maximum atomic E-state index is 12.9. The zero-order valence-corrected chi connectivity index (χ0v) is 14.3. The number of fused-ring (bicyclic) bond motifs is 1. The quantitative estimate of drug-likeness (QED) is 0.838. The molecule has 1 aromatic rings. The summed E-state index contributed by atoms with van der Waals surface area (Å²) < 4.78 is 1.96. The third-order valence-electron chi connectivity index (χ3n) is 5.93. The number of nitrogens with zero attached hydrogens (tertiary/aromatic N) is 4. The first-order chi connectivity index (χ1) is 11.2. The first-order valence-corrected chi connectivity index (χ1v) is 9.32. The van der Waals surface area contributed by atoms with Crippen molar-refractivity contribution in [3.63, 3.8) is 0 Å². The van der Waals surface area contributed by atoms with Crippen LogP contribution < -0.4 is 0 Å². The number of aryl methyl sites for hydroxylation is 1. The van der Waals surface area contributed by atoms with Crippen LogP contribution in [0.5, 0.6) is 0 Å². The number of aromatic nitrogens is 2. The predicted molar refractivity (Wildman–Crippen MR) is 89.6 cm³/mol. The van der Waals surface area contributed by atoms with E-state index < -0.39 is 0 Å². The molecule has 3 heterocycles. The van der Waals surface area contributed by atoms with E-state index in [1.807, 2.05) is 16.6 Å². The van der Waals surface area contributed by atoms with Gasteiger partial charge in [-0.3, -0.25) is 9.48 Å². The Hall–Kier alpha value is -1.36. The number of piperidine rings is 1.